The fourth-order valence-electron chi connectivity index (χ4n) is 3.05. The van der Waals surface area contributed by atoms with E-state index in [1.807, 2.05) is 0 Å². The molecular weight excluding hydrogens is 436 g/mol. The van der Waals surface area contributed by atoms with Crippen LogP contribution in [0.1, 0.15) is 32.6 Å². The first kappa shape index (κ1) is 22.6. The lowest BCUT2D eigenvalue weighted by Gasteiger charge is -2.16. The predicted octanol–water partition coefficient (Wildman–Crippen LogP) is 6.05. The van der Waals surface area contributed by atoms with Crippen molar-refractivity contribution in [2.45, 2.75) is 19.5 Å². The normalized spacial score (nSPS) is 11.3. The fourth-order valence-corrected chi connectivity index (χ4v) is 3.32. The van der Waals surface area contributed by atoms with Gasteiger partial charge in [-0.25, -0.2) is 9.37 Å². The number of aromatic nitrogens is 1. The minimum Gasteiger partial charge on any atom is -0.481 e. The number of benzene rings is 2. The highest BCUT2D eigenvalue weighted by molar-refractivity contribution is 6.32. The molecule has 1 heterocycles. The van der Waals surface area contributed by atoms with Gasteiger partial charge < -0.3 is 10.1 Å². The van der Waals surface area contributed by atoms with Crippen LogP contribution >= 0.6 is 11.6 Å². The molecule has 2 aromatic carbocycles. The number of halogens is 5. The number of anilines is 1. The maximum atomic E-state index is 13.4. The van der Waals surface area contributed by atoms with Crippen LogP contribution in [0.5, 0.6) is 5.88 Å². The number of ether oxygens (including phenoxy) is 1. The first-order valence-corrected chi connectivity index (χ1v) is 9.42. The number of hydrogen-bond donors (Lipinski definition) is 1. The summed E-state index contributed by atoms with van der Waals surface area (Å²) in [5.74, 6) is -0.859. The number of alkyl halides is 3. The number of carbonyl (C=O) groups is 1. The van der Waals surface area contributed by atoms with Gasteiger partial charge in [0.15, 0.2) is 0 Å². The van der Waals surface area contributed by atoms with E-state index in [0.717, 1.165) is 12.1 Å². The lowest BCUT2D eigenvalue weighted by molar-refractivity contribution is -0.137. The molecule has 0 aliphatic rings. The Hall–Kier alpha value is -3.13. The molecule has 0 aliphatic heterocycles. The molecule has 0 unspecified atom stereocenters. The van der Waals surface area contributed by atoms with Crippen LogP contribution in [0.4, 0.5) is 23.2 Å². The second kappa shape index (κ2) is 8.93. The van der Waals surface area contributed by atoms with Gasteiger partial charge in [-0.15, -0.1) is 0 Å². The number of rotatable bonds is 5. The lowest BCUT2D eigenvalue weighted by Crippen LogP contribution is -2.17. The highest BCUT2D eigenvalue weighted by Gasteiger charge is 2.34. The van der Waals surface area contributed by atoms with E-state index in [9.17, 15) is 22.4 Å². The van der Waals surface area contributed by atoms with E-state index in [-0.39, 0.29) is 23.4 Å². The molecule has 0 saturated carbocycles. The number of carbonyl (C=O) groups excluding carboxylic acids is 1. The topological polar surface area (TPSA) is 51.2 Å². The van der Waals surface area contributed by atoms with Gasteiger partial charge in [0.1, 0.15) is 5.82 Å². The molecule has 0 bridgehead atoms. The van der Waals surface area contributed by atoms with E-state index >= 15 is 0 Å². The number of hydrogen-bond acceptors (Lipinski definition) is 3. The van der Waals surface area contributed by atoms with Gasteiger partial charge in [0.25, 0.3) is 5.91 Å². The Morgan fingerprint density at radius 2 is 1.87 bits per heavy atom. The fraction of sp³-hybridized carbons (Fsp3) is 0.182. The molecule has 0 radical (unpaired) electrons. The van der Waals surface area contributed by atoms with Crippen LogP contribution in [0.3, 0.4) is 0 Å². The Morgan fingerprint density at radius 3 is 2.52 bits per heavy atom. The number of nitrogens with one attached hydrogen (secondary N) is 1. The standard InChI is InChI=1S/C22H17ClF4N2O2/c1-12-7-15(24)4-3-13(12)8-14-9-18(22(25,26)27)19(23)11-17(14)21(30)29-16-5-6-28-20(10-16)31-2/h3-7,9-11H,8H2,1-2H3,(H,28,29,30). The van der Waals surface area contributed by atoms with Gasteiger partial charge in [0.2, 0.25) is 5.88 Å². The molecule has 3 aromatic rings. The molecule has 0 spiro atoms. The van der Waals surface area contributed by atoms with Crippen LogP contribution in [0, 0.1) is 12.7 Å². The summed E-state index contributed by atoms with van der Waals surface area (Å²) in [6.07, 6.45) is -3.30. The summed E-state index contributed by atoms with van der Waals surface area (Å²) in [5, 5.41) is 2.02. The molecule has 9 heteroatoms. The summed E-state index contributed by atoms with van der Waals surface area (Å²) < 4.78 is 58.6. The van der Waals surface area contributed by atoms with Crippen LogP contribution < -0.4 is 10.1 Å². The Labute approximate surface area is 180 Å². The van der Waals surface area contributed by atoms with Gasteiger partial charge in [-0.1, -0.05) is 17.7 Å². The third kappa shape index (κ3) is 5.32. The van der Waals surface area contributed by atoms with Crippen molar-refractivity contribution in [3.8, 4) is 5.88 Å². The van der Waals surface area contributed by atoms with E-state index in [1.54, 1.807) is 6.92 Å². The molecule has 4 nitrogen and oxygen atoms in total. The minimum atomic E-state index is -4.70. The number of amides is 1. The van der Waals surface area contributed by atoms with Crippen molar-refractivity contribution in [2.24, 2.45) is 0 Å². The number of aryl methyl sites for hydroxylation is 1. The highest BCUT2D eigenvalue weighted by Crippen LogP contribution is 2.37. The van der Waals surface area contributed by atoms with E-state index in [4.69, 9.17) is 16.3 Å². The van der Waals surface area contributed by atoms with Crippen LogP contribution in [0.15, 0.2) is 48.7 Å². The van der Waals surface area contributed by atoms with E-state index in [0.29, 0.717) is 16.8 Å². The molecular formula is C22H17ClF4N2O2. The second-order valence-electron chi connectivity index (χ2n) is 6.78. The Balaban J connectivity index is 2.04. The predicted molar refractivity (Wildman–Crippen MR) is 109 cm³/mol. The molecule has 162 valence electrons. The minimum absolute atomic E-state index is 0.0191. The SMILES string of the molecule is COc1cc(NC(=O)c2cc(Cl)c(C(F)(F)F)cc2Cc2ccc(F)cc2C)ccn1. The average molecular weight is 453 g/mol. The van der Waals surface area contributed by atoms with Crippen LogP contribution in [-0.2, 0) is 12.6 Å². The van der Waals surface area contributed by atoms with Gasteiger partial charge in [0.05, 0.1) is 17.7 Å². The summed E-state index contributed by atoms with van der Waals surface area (Å²) in [6.45, 7) is 1.64. The summed E-state index contributed by atoms with van der Waals surface area (Å²) in [6, 6.07) is 8.79. The van der Waals surface area contributed by atoms with Crippen molar-refractivity contribution in [1.82, 2.24) is 4.98 Å². The largest absolute Gasteiger partial charge is 0.481 e. The van der Waals surface area contributed by atoms with Crippen molar-refractivity contribution >= 4 is 23.2 Å². The number of methoxy groups -OCH3 is 1. The molecule has 0 aliphatic carbocycles. The second-order valence-corrected chi connectivity index (χ2v) is 7.18. The maximum absolute atomic E-state index is 13.4. The zero-order chi connectivity index (χ0) is 22.8. The van der Waals surface area contributed by atoms with Gasteiger partial charge >= 0.3 is 6.18 Å². The van der Waals surface area contributed by atoms with Crippen molar-refractivity contribution in [3.05, 3.63) is 87.3 Å². The van der Waals surface area contributed by atoms with Crippen LogP contribution in [0.25, 0.3) is 0 Å². The molecule has 1 N–H and O–H groups in total. The third-order valence-electron chi connectivity index (χ3n) is 4.63. The Bertz CT molecular complexity index is 1130. The van der Waals surface area contributed by atoms with Crippen molar-refractivity contribution in [1.29, 1.82) is 0 Å². The maximum Gasteiger partial charge on any atom is 0.417 e. The first-order valence-electron chi connectivity index (χ1n) is 9.04. The van der Waals surface area contributed by atoms with Crippen LogP contribution in [-0.4, -0.2) is 18.0 Å². The molecule has 0 saturated heterocycles. The smallest absolute Gasteiger partial charge is 0.417 e. The first-order chi connectivity index (χ1) is 14.6. The van der Waals surface area contributed by atoms with E-state index < -0.39 is 28.5 Å². The third-order valence-corrected chi connectivity index (χ3v) is 4.94. The Morgan fingerprint density at radius 1 is 1.13 bits per heavy atom. The van der Waals surface area contributed by atoms with E-state index in [1.165, 1.54) is 43.6 Å². The summed E-state index contributed by atoms with van der Waals surface area (Å²) in [4.78, 5) is 16.8. The lowest BCUT2D eigenvalue weighted by atomic mass is 9.94. The quantitative estimate of drug-likeness (QED) is 0.479. The van der Waals surface area contributed by atoms with Crippen molar-refractivity contribution < 1.29 is 27.1 Å². The van der Waals surface area contributed by atoms with Crippen molar-refractivity contribution in [2.75, 3.05) is 12.4 Å². The van der Waals surface area contributed by atoms with Gasteiger partial charge in [-0.3, -0.25) is 4.79 Å². The Kier molecular flexibility index (Phi) is 6.50. The molecule has 0 atom stereocenters. The molecule has 1 amide bonds. The molecule has 31 heavy (non-hydrogen) atoms. The summed E-state index contributed by atoms with van der Waals surface area (Å²) in [7, 11) is 1.41. The van der Waals surface area contributed by atoms with E-state index in [2.05, 4.69) is 10.3 Å². The molecule has 3 rings (SSSR count). The van der Waals surface area contributed by atoms with Crippen LogP contribution in [0.2, 0.25) is 5.02 Å². The zero-order valence-corrected chi connectivity index (χ0v) is 17.2. The van der Waals surface area contributed by atoms with Gasteiger partial charge in [0, 0.05) is 23.5 Å². The average Bonchev–Trinajstić information content (AvgIpc) is 2.70. The van der Waals surface area contributed by atoms with Crippen molar-refractivity contribution in [3.63, 3.8) is 0 Å². The molecule has 1 aromatic heterocycles. The van der Waals surface area contributed by atoms with Gasteiger partial charge in [-0.2, -0.15) is 13.2 Å². The summed E-state index contributed by atoms with van der Waals surface area (Å²) in [5.41, 5.74) is 0.496. The number of pyridine rings is 1. The van der Waals surface area contributed by atoms with Gasteiger partial charge in [-0.05, 0) is 60.4 Å². The highest BCUT2D eigenvalue weighted by atomic mass is 35.5. The monoisotopic (exact) mass is 452 g/mol. The zero-order valence-electron chi connectivity index (χ0n) is 16.5. The summed E-state index contributed by atoms with van der Waals surface area (Å²) >= 11 is 5.86. The molecule has 0 fully saturated rings. The number of nitrogens with zero attached hydrogens (tertiary/aromatic N) is 1.